The molecule has 7 fully saturated rings. The Bertz CT molecular complexity index is 1240. The second kappa shape index (κ2) is 6.54. The lowest BCUT2D eigenvalue weighted by molar-refractivity contribution is -0.319. The summed E-state index contributed by atoms with van der Waals surface area (Å²) in [6.07, 6.45) is 0.581. The average Bonchev–Trinajstić information content (AvgIpc) is 3.12. The summed E-state index contributed by atoms with van der Waals surface area (Å²) in [7, 11) is 0. The molecule has 4 saturated heterocycles. The summed E-state index contributed by atoms with van der Waals surface area (Å²) in [6.45, 7) is 7.54. The normalized spacial score (nSPS) is 59.1. The van der Waals surface area contributed by atoms with Crippen molar-refractivity contribution in [2.75, 3.05) is 0 Å². The minimum Gasteiger partial charge on any atom is -0.456 e. The van der Waals surface area contributed by atoms with Gasteiger partial charge in [0.25, 0.3) is 0 Å². The maximum atomic E-state index is 14.4. The number of hydrogen-bond acceptors (Lipinski definition) is 10. The number of rotatable bonds is 0. The molecule has 3 aliphatic carbocycles. The van der Waals surface area contributed by atoms with E-state index < -0.39 is 63.9 Å². The van der Waals surface area contributed by atoms with Crippen LogP contribution in [0.2, 0.25) is 0 Å². The van der Waals surface area contributed by atoms with Gasteiger partial charge >= 0.3 is 11.9 Å². The van der Waals surface area contributed by atoms with Crippen molar-refractivity contribution in [3.8, 4) is 0 Å². The van der Waals surface area contributed by atoms with Crippen LogP contribution in [-0.4, -0.2) is 80.0 Å². The minimum atomic E-state index is -1.71. The van der Waals surface area contributed by atoms with Gasteiger partial charge in [0, 0.05) is 42.6 Å². The standard InChI is InChI=1S/C28H34O10/c1-12-8-25(9-13(2)22(32)37-25)38-27-14(12)5-19-28(27,35-19)21-15(29)6-16-23(3,4)34-18-7-20(31)36-26(16,18)11-24(21,33)10-17(27)30/h9,12,14-16,18-19,21,29,33H,5-8,10-11H2,1-4H3/t12-,14-,15-,16+,18-,19+,21-,24+,25-,26-,27-,28-/m1/s1. The van der Waals surface area contributed by atoms with Crippen LogP contribution in [0.1, 0.15) is 66.2 Å². The van der Waals surface area contributed by atoms with Crippen LogP contribution in [0.25, 0.3) is 0 Å². The van der Waals surface area contributed by atoms with Gasteiger partial charge in [0.15, 0.2) is 11.4 Å². The van der Waals surface area contributed by atoms with Crippen LogP contribution in [0.5, 0.6) is 0 Å². The molecule has 8 rings (SSSR count). The fourth-order valence-corrected chi connectivity index (χ4v) is 10.4. The van der Waals surface area contributed by atoms with Crippen LogP contribution in [-0.2, 0) is 38.1 Å². The third-order valence-electron chi connectivity index (χ3n) is 11.4. The number of ether oxygens (including phenoxy) is 5. The lowest BCUT2D eigenvalue weighted by Crippen LogP contribution is -2.75. The quantitative estimate of drug-likeness (QED) is 0.345. The molecule has 10 heteroatoms. The molecular weight excluding hydrogens is 496 g/mol. The van der Waals surface area contributed by atoms with E-state index in [0.29, 0.717) is 18.4 Å². The molecule has 5 aliphatic heterocycles. The number of Topliss-reactive ketones (excluding diaryl/α,β-unsaturated/α-hetero) is 1. The first-order valence-corrected chi connectivity index (χ1v) is 13.9. The van der Waals surface area contributed by atoms with Crippen molar-refractivity contribution in [3.63, 3.8) is 0 Å². The zero-order chi connectivity index (χ0) is 26.8. The minimum absolute atomic E-state index is 0.0226. The van der Waals surface area contributed by atoms with Gasteiger partial charge in [-0.25, -0.2) is 4.79 Å². The third-order valence-corrected chi connectivity index (χ3v) is 11.4. The van der Waals surface area contributed by atoms with Gasteiger partial charge in [-0.3, -0.25) is 9.59 Å². The lowest BCUT2D eigenvalue weighted by atomic mass is 9.54. The number of fused-ring (bicyclic) bond motifs is 1. The summed E-state index contributed by atoms with van der Waals surface area (Å²) in [5.41, 5.74) is -5.87. The Labute approximate surface area is 219 Å². The van der Waals surface area contributed by atoms with Crippen LogP contribution < -0.4 is 0 Å². The predicted molar refractivity (Wildman–Crippen MR) is 125 cm³/mol. The number of ketones is 1. The van der Waals surface area contributed by atoms with Crippen molar-refractivity contribution in [2.24, 2.45) is 23.7 Å². The highest BCUT2D eigenvalue weighted by Gasteiger charge is 2.91. The van der Waals surface area contributed by atoms with Gasteiger partial charge in [-0.15, -0.1) is 0 Å². The van der Waals surface area contributed by atoms with Gasteiger partial charge < -0.3 is 33.9 Å². The summed E-state index contributed by atoms with van der Waals surface area (Å²) in [5.74, 6) is -4.07. The first kappa shape index (κ1) is 24.0. The molecule has 0 radical (unpaired) electrons. The van der Waals surface area contributed by atoms with Crippen molar-refractivity contribution < 1.29 is 48.3 Å². The SMILES string of the molecule is CC1=C[C@]2(C[C@@H](C)[C@H]3C[C@@H]4O[C@@]45[C@@H]4[C@H](O)C[C@H]6C(C)(C)O[C@@H]7CC(=O)O[C@@]76C[C@@]4(O)CC(=O)[C@]35O2)OC1=O. The molecule has 0 bridgehead atoms. The summed E-state index contributed by atoms with van der Waals surface area (Å²) in [6, 6.07) is 0. The van der Waals surface area contributed by atoms with Crippen molar-refractivity contribution in [1.29, 1.82) is 0 Å². The fourth-order valence-electron chi connectivity index (χ4n) is 10.4. The summed E-state index contributed by atoms with van der Waals surface area (Å²) in [5, 5.41) is 24.4. The molecular formula is C28H34O10. The van der Waals surface area contributed by atoms with Crippen LogP contribution in [0.3, 0.4) is 0 Å². The third kappa shape index (κ3) is 2.43. The Morgan fingerprint density at radius 3 is 2.53 bits per heavy atom. The second-order valence-corrected chi connectivity index (χ2v) is 13.8. The van der Waals surface area contributed by atoms with E-state index in [2.05, 4.69) is 0 Å². The number of aliphatic hydroxyl groups excluding tert-OH is 1. The molecule has 0 unspecified atom stereocenters. The molecule has 0 amide bonds. The lowest BCUT2D eigenvalue weighted by Gasteiger charge is -2.58. The summed E-state index contributed by atoms with van der Waals surface area (Å²) >= 11 is 0. The molecule has 2 N–H and O–H groups in total. The molecule has 0 aromatic heterocycles. The zero-order valence-electron chi connectivity index (χ0n) is 22.0. The molecule has 8 aliphatic rings. The number of epoxide rings is 1. The predicted octanol–water partition coefficient (Wildman–Crippen LogP) is 1.09. The van der Waals surface area contributed by atoms with Crippen molar-refractivity contribution in [1.82, 2.24) is 0 Å². The Kier molecular flexibility index (Phi) is 4.13. The van der Waals surface area contributed by atoms with Gasteiger partial charge in [-0.1, -0.05) is 6.92 Å². The first-order chi connectivity index (χ1) is 17.7. The number of carbonyl (C=O) groups excluding carboxylic acids is 3. The Balaban J connectivity index is 1.27. The highest BCUT2D eigenvalue weighted by molar-refractivity contribution is 5.94. The van der Waals surface area contributed by atoms with E-state index in [1.807, 2.05) is 20.8 Å². The van der Waals surface area contributed by atoms with Crippen LogP contribution in [0, 0.1) is 23.7 Å². The largest absolute Gasteiger partial charge is 0.456 e. The maximum absolute atomic E-state index is 14.4. The summed E-state index contributed by atoms with van der Waals surface area (Å²) < 4.78 is 31.1. The van der Waals surface area contributed by atoms with Gasteiger partial charge in [0.2, 0.25) is 5.79 Å². The van der Waals surface area contributed by atoms with Crippen molar-refractivity contribution in [2.45, 2.75) is 118 Å². The zero-order valence-corrected chi connectivity index (χ0v) is 22.0. The fraction of sp³-hybridized carbons (Fsp3) is 0.821. The number of aliphatic hydroxyl groups is 2. The van der Waals surface area contributed by atoms with Gasteiger partial charge in [0.05, 0.1) is 29.8 Å². The van der Waals surface area contributed by atoms with E-state index in [1.54, 1.807) is 13.0 Å². The highest BCUT2D eigenvalue weighted by atomic mass is 16.8. The van der Waals surface area contributed by atoms with Crippen LogP contribution >= 0.6 is 0 Å². The second-order valence-electron chi connectivity index (χ2n) is 13.8. The Hall–Kier alpha value is -1.85. The van der Waals surface area contributed by atoms with E-state index in [9.17, 15) is 24.6 Å². The van der Waals surface area contributed by atoms with Gasteiger partial charge in [0.1, 0.15) is 17.3 Å². The van der Waals surface area contributed by atoms with Gasteiger partial charge in [-0.2, -0.15) is 0 Å². The van der Waals surface area contributed by atoms with E-state index in [0.717, 1.165) is 0 Å². The summed E-state index contributed by atoms with van der Waals surface area (Å²) in [4.78, 5) is 39.4. The molecule has 0 aromatic carbocycles. The molecule has 5 heterocycles. The molecule has 206 valence electrons. The highest BCUT2D eigenvalue weighted by Crippen LogP contribution is 2.75. The molecule has 38 heavy (non-hydrogen) atoms. The van der Waals surface area contributed by atoms with Crippen molar-refractivity contribution in [3.05, 3.63) is 11.6 Å². The maximum Gasteiger partial charge on any atom is 0.336 e. The molecule has 12 atom stereocenters. The molecule has 0 aromatic rings. The first-order valence-electron chi connectivity index (χ1n) is 13.9. The monoisotopic (exact) mass is 530 g/mol. The van der Waals surface area contributed by atoms with E-state index in [-0.39, 0.29) is 55.3 Å². The van der Waals surface area contributed by atoms with E-state index in [1.165, 1.54) is 0 Å². The molecule has 3 saturated carbocycles. The van der Waals surface area contributed by atoms with E-state index in [4.69, 9.17) is 23.7 Å². The Morgan fingerprint density at radius 2 is 1.82 bits per heavy atom. The number of hydrogen-bond donors (Lipinski definition) is 2. The number of carbonyl (C=O) groups is 3. The van der Waals surface area contributed by atoms with Crippen LogP contribution in [0.15, 0.2) is 11.6 Å². The van der Waals surface area contributed by atoms with Crippen molar-refractivity contribution >= 4 is 17.7 Å². The topological polar surface area (TPSA) is 141 Å². The van der Waals surface area contributed by atoms with Crippen LogP contribution in [0.4, 0.5) is 0 Å². The number of esters is 2. The van der Waals surface area contributed by atoms with E-state index >= 15 is 0 Å². The molecule has 10 nitrogen and oxygen atoms in total. The Morgan fingerprint density at radius 1 is 1.05 bits per heavy atom. The smallest absolute Gasteiger partial charge is 0.336 e. The average molecular weight is 531 g/mol. The molecule has 4 spiro atoms. The van der Waals surface area contributed by atoms with Gasteiger partial charge in [-0.05, 0) is 45.6 Å².